The number of carbonyl (C=O) groups excluding carboxylic acids is 1. The summed E-state index contributed by atoms with van der Waals surface area (Å²) in [6.45, 7) is 0.0614. The zero-order valence-electron chi connectivity index (χ0n) is 17.5. The molecule has 1 amide bonds. The Morgan fingerprint density at radius 3 is 2.22 bits per heavy atom. The van der Waals surface area contributed by atoms with Crippen LogP contribution < -0.4 is 10.0 Å². The number of nitrogens with zero attached hydrogens (tertiary/aromatic N) is 1. The predicted octanol–water partition coefficient (Wildman–Crippen LogP) is 5.16. The maximum absolute atomic E-state index is 12.5. The van der Waals surface area contributed by atoms with Crippen molar-refractivity contribution < 1.29 is 13.2 Å². The number of hydrogen-bond donors (Lipinski definition) is 1. The zero-order chi connectivity index (χ0) is 23.3. The fraction of sp³-hybridized carbons (Fsp3) is 0.208. The van der Waals surface area contributed by atoms with Crippen LogP contribution in [-0.2, 0) is 27.8 Å². The Hall–Kier alpha value is -2.54. The smallest absolute Gasteiger partial charge is 0.232 e. The Labute approximate surface area is 198 Å². The summed E-state index contributed by atoms with van der Waals surface area (Å²) >= 11 is 12.3. The van der Waals surface area contributed by atoms with Gasteiger partial charge in [0.2, 0.25) is 15.9 Å². The number of benzene rings is 3. The molecule has 0 aliphatic heterocycles. The van der Waals surface area contributed by atoms with E-state index in [1.54, 1.807) is 30.3 Å². The summed E-state index contributed by atoms with van der Waals surface area (Å²) in [6.07, 6.45) is 1.98. The van der Waals surface area contributed by atoms with E-state index in [2.05, 4.69) is 0 Å². The SMILES string of the molecule is CS(=O)(=O)N(Cc1cccc(Cl)c1Cl)c1ccc(CC(CC(N)=O)c2ccccc2)cc1. The topological polar surface area (TPSA) is 80.5 Å². The third-order valence-corrected chi connectivity index (χ3v) is 7.17. The van der Waals surface area contributed by atoms with E-state index in [0.717, 1.165) is 17.4 Å². The number of primary amides is 1. The molecule has 3 rings (SSSR count). The number of rotatable bonds is 9. The summed E-state index contributed by atoms with van der Waals surface area (Å²) < 4.78 is 26.3. The van der Waals surface area contributed by atoms with Crippen LogP contribution in [-0.4, -0.2) is 20.6 Å². The van der Waals surface area contributed by atoms with Gasteiger partial charge in [-0.1, -0.05) is 77.8 Å². The van der Waals surface area contributed by atoms with Gasteiger partial charge in [-0.3, -0.25) is 9.10 Å². The van der Waals surface area contributed by atoms with E-state index >= 15 is 0 Å². The van der Waals surface area contributed by atoms with Gasteiger partial charge in [0, 0.05) is 6.42 Å². The van der Waals surface area contributed by atoms with Crippen LogP contribution in [0.3, 0.4) is 0 Å². The van der Waals surface area contributed by atoms with Gasteiger partial charge >= 0.3 is 0 Å². The van der Waals surface area contributed by atoms with Gasteiger partial charge in [0.15, 0.2) is 0 Å². The second kappa shape index (κ2) is 10.4. The van der Waals surface area contributed by atoms with Gasteiger partial charge in [-0.25, -0.2) is 8.42 Å². The highest BCUT2D eigenvalue weighted by Crippen LogP contribution is 2.30. The fourth-order valence-corrected chi connectivity index (χ4v) is 4.84. The average molecular weight is 491 g/mol. The van der Waals surface area contributed by atoms with E-state index in [0.29, 0.717) is 27.7 Å². The third-order valence-electron chi connectivity index (χ3n) is 5.17. The Morgan fingerprint density at radius 2 is 1.62 bits per heavy atom. The van der Waals surface area contributed by atoms with Crippen molar-refractivity contribution in [3.63, 3.8) is 0 Å². The molecule has 168 valence electrons. The molecule has 3 aromatic carbocycles. The minimum atomic E-state index is -3.57. The van der Waals surface area contributed by atoms with Crippen LogP contribution in [0.1, 0.15) is 29.0 Å². The summed E-state index contributed by atoms with van der Waals surface area (Å²) in [5.74, 6) is -0.423. The molecule has 0 saturated heterocycles. The van der Waals surface area contributed by atoms with Gasteiger partial charge in [0.25, 0.3) is 0 Å². The highest BCUT2D eigenvalue weighted by molar-refractivity contribution is 7.92. The molecular formula is C24H24Cl2N2O3S. The summed E-state index contributed by atoms with van der Waals surface area (Å²) in [6, 6.07) is 22.1. The molecule has 0 spiro atoms. The maximum Gasteiger partial charge on any atom is 0.232 e. The number of halogens is 2. The molecule has 0 aromatic heterocycles. The van der Waals surface area contributed by atoms with Crippen LogP contribution in [0.4, 0.5) is 5.69 Å². The monoisotopic (exact) mass is 490 g/mol. The molecule has 0 aliphatic rings. The van der Waals surface area contributed by atoms with Gasteiger partial charge in [-0.05, 0) is 47.2 Å². The van der Waals surface area contributed by atoms with Crippen molar-refractivity contribution in [3.05, 3.63) is 99.5 Å². The lowest BCUT2D eigenvalue weighted by molar-refractivity contribution is -0.118. The Kier molecular flexibility index (Phi) is 7.82. The molecule has 5 nitrogen and oxygen atoms in total. The second-order valence-electron chi connectivity index (χ2n) is 7.63. The van der Waals surface area contributed by atoms with Crippen molar-refractivity contribution in [2.24, 2.45) is 5.73 Å². The molecule has 3 aromatic rings. The van der Waals surface area contributed by atoms with Crippen LogP contribution in [0.5, 0.6) is 0 Å². The Balaban J connectivity index is 1.85. The third kappa shape index (κ3) is 6.25. The summed E-state index contributed by atoms with van der Waals surface area (Å²) in [4.78, 5) is 11.6. The van der Waals surface area contributed by atoms with Crippen molar-refractivity contribution >= 4 is 44.8 Å². The second-order valence-corrected chi connectivity index (χ2v) is 10.3. The zero-order valence-corrected chi connectivity index (χ0v) is 19.9. The minimum absolute atomic E-state index is 0.0594. The molecule has 0 heterocycles. The fourth-order valence-electron chi connectivity index (χ4n) is 3.58. The van der Waals surface area contributed by atoms with Crippen LogP contribution >= 0.6 is 23.2 Å². The van der Waals surface area contributed by atoms with Crippen molar-refractivity contribution in [1.82, 2.24) is 0 Å². The first-order chi connectivity index (χ1) is 15.1. The van der Waals surface area contributed by atoms with Crippen LogP contribution in [0.2, 0.25) is 10.0 Å². The number of hydrogen-bond acceptors (Lipinski definition) is 3. The number of amides is 1. The van der Waals surface area contributed by atoms with Gasteiger partial charge < -0.3 is 5.73 Å². The maximum atomic E-state index is 12.5. The average Bonchev–Trinajstić information content (AvgIpc) is 2.74. The standard InChI is InChI=1S/C24H24Cl2N2O3S/c1-32(30,31)28(16-19-8-5-9-22(25)24(19)26)21-12-10-17(11-13-21)14-20(15-23(27)29)18-6-3-2-4-7-18/h2-13,20H,14-16H2,1H3,(H2,27,29). The van der Waals surface area contributed by atoms with Gasteiger partial charge in [0.05, 0.1) is 28.5 Å². The summed E-state index contributed by atoms with van der Waals surface area (Å²) in [5.41, 5.74) is 8.58. The summed E-state index contributed by atoms with van der Waals surface area (Å²) in [5, 5.41) is 0.700. The molecule has 1 atom stereocenters. The van der Waals surface area contributed by atoms with E-state index < -0.39 is 10.0 Å². The molecule has 8 heteroatoms. The first kappa shape index (κ1) is 24.1. The highest BCUT2D eigenvalue weighted by Gasteiger charge is 2.20. The van der Waals surface area contributed by atoms with Crippen molar-refractivity contribution in [2.75, 3.05) is 10.6 Å². The number of nitrogens with two attached hydrogens (primary N) is 1. The predicted molar refractivity (Wildman–Crippen MR) is 131 cm³/mol. The largest absolute Gasteiger partial charge is 0.370 e. The van der Waals surface area contributed by atoms with E-state index in [-0.39, 0.29) is 24.8 Å². The quantitative estimate of drug-likeness (QED) is 0.449. The Bertz CT molecular complexity index is 1180. The highest BCUT2D eigenvalue weighted by atomic mass is 35.5. The molecule has 2 N–H and O–H groups in total. The number of sulfonamides is 1. The van der Waals surface area contributed by atoms with Gasteiger partial charge in [0.1, 0.15) is 0 Å². The van der Waals surface area contributed by atoms with Crippen LogP contribution in [0, 0.1) is 0 Å². The lowest BCUT2D eigenvalue weighted by Gasteiger charge is -2.24. The molecule has 0 fully saturated rings. The molecule has 0 aliphatic carbocycles. The van der Waals surface area contributed by atoms with E-state index in [1.165, 1.54) is 4.31 Å². The van der Waals surface area contributed by atoms with Crippen molar-refractivity contribution in [3.8, 4) is 0 Å². The van der Waals surface area contributed by atoms with Crippen LogP contribution in [0.15, 0.2) is 72.8 Å². The molecular weight excluding hydrogens is 467 g/mol. The molecule has 32 heavy (non-hydrogen) atoms. The molecule has 0 saturated carbocycles. The first-order valence-electron chi connectivity index (χ1n) is 9.98. The van der Waals surface area contributed by atoms with Crippen molar-refractivity contribution in [2.45, 2.75) is 25.3 Å². The van der Waals surface area contributed by atoms with E-state index in [4.69, 9.17) is 28.9 Å². The summed E-state index contributed by atoms with van der Waals surface area (Å²) in [7, 11) is -3.57. The van der Waals surface area contributed by atoms with E-state index in [9.17, 15) is 13.2 Å². The lowest BCUT2D eigenvalue weighted by atomic mass is 9.89. The van der Waals surface area contributed by atoms with E-state index in [1.807, 2.05) is 42.5 Å². The first-order valence-corrected chi connectivity index (χ1v) is 12.6. The lowest BCUT2D eigenvalue weighted by Crippen LogP contribution is -2.29. The molecule has 0 bridgehead atoms. The normalized spacial score (nSPS) is 12.3. The Morgan fingerprint density at radius 1 is 0.969 bits per heavy atom. The van der Waals surface area contributed by atoms with Gasteiger partial charge in [-0.15, -0.1) is 0 Å². The number of anilines is 1. The molecule has 1 unspecified atom stereocenters. The minimum Gasteiger partial charge on any atom is -0.370 e. The van der Waals surface area contributed by atoms with Crippen molar-refractivity contribution in [1.29, 1.82) is 0 Å². The van der Waals surface area contributed by atoms with Crippen LogP contribution in [0.25, 0.3) is 0 Å². The van der Waals surface area contributed by atoms with Gasteiger partial charge in [-0.2, -0.15) is 0 Å². The molecule has 0 radical (unpaired) electrons. The number of carbonyl (C=O) groups is 1.